The Labute approximate surface area is 184 Å². The molecule has 0 aliphatic carbocycles. The first-order valence-electron chi connectivity index (χ1n) is 9.14. The Hall–Kier alpha value is -4.25. The third-order valence-electron chi connectivity index (χ3n) is 4.88. The van der Waals surface area contributed by atoms with Crippen molar-refractivity contribution in [3.8, 4) is 5.75 Å². The van der Waals surface area contributed by atoms with Crippen LogP contribution in [-0.2, 0) is 11.3 Å². The summed E-state index contributed by atoms with van der Waals surface area (Å²) < 4.78 is 0. The lowest BCUT2D eigenvalue weighted by atomic mass is 10.0. The highest BCUT2D eigenvalue weighted by molar-refractivity contribution is 8.18. The Morgan fingerprint density at radius 2 is 1.72 bits per heavy atom. The van der Waals surface area contributed by atoms with E-state index in [2.05, 4.69) is 0 Å². The van der Waals surface area contributed by atoms with Gasteiger partial charge in [-0.15, -0.1) is 0 Å². The summed E-state index contributed by atoms with van der Waals surface area (Å²) in [6.07, 6.45) is 1.04. The number of phenolic OH excluding ortho intramolecular Hbond substituents is 1. The van der Waals surface area contributed by atoms with E-state index < -0.39 is 38.1 Å². The van der Waals surface area contributed by atoms with Gasteiger partial charge in [0, 0.05) is 11.6 Å². The van der Waals surface area contributed by atoms with Gasteiger partial charge in [0.15, 0.2) is 0 Å². The van der Waals surface area contributed by atoms with E-state index in [1.54, 1.807) is 6.07 Å². The van der Waals surface area contributed by atoms with Gasteiger partial charge in [-0.1, -0.05) is 42.5 Å². The maximum atomic E-state index is 12.9. The normalized spacial score (nSPS) is 15.0. The fourth-order valence-electron chi connectivity index (χ4n) is 3.36. The minimum atomic E-state index is -0.966. The van der Waals surface area contributed by atoms with Gasteiger partial charge >= 0.3 is 5.69 Å². The standard InChI is InChI=1S/C21H13N3O7S/c25-19-14(8-15(23(28)29)10-17(19)24(30)31)9-18-20(26)22(21(27)32-18)11-13-6-3-5-12-4-1-2-7-16(12)13/h1-10,25H,11H2/b18-9+. The molecule has 3 aromatic carbocycles. The van der Waals surface area contributed by atoms with Gasteiger partial charge in [0.25, 0.3) is 16.8 Å². The van der Waals surface area contributed by atoms with Crippen LogP contribution in [0.4, 0.5) is 16.2 Å². The molecule has 160 valence electrons. The first-order chi connectivity index (χ1) is 15.3. The summed E-state index contributed by atoms with van der Waals surface area (Å²) >= 11 is 0.586. The van der Waals surface area contributed by atoms with Crippen LogP contribution in [0.5, 0.6) is 5.75 Å². The monoisotopic (exact) mass is 451 g/mol. The topological polar surface area (TPSA) is 144 Å². The number of rotatable bonds is 5. The molecule has 1 heterocycles. The summed E-state index contributed by atoms with van der Waals surface area (Å²) in [6.45, 7) is 0.00439. The number of fused-ring (bicyclic) bond motifs is 1. The third-order valence-corrected chi connectivity index (χ3v) is 5.79. The van der Waals surface area contributed by atoms with Crippen molar-refractivity contribution in [2.45, 2.75) is 6.54 Å². The molecule has 1 saturated heterocycles. The van der Waals surface area contributed by atoms with E-state index in [4.69, 9.17) is 0 Å². The van der Waals surface area contributed by atoms with Crippen molar-refractivity contribution < 1.29 is 24.5 Å². The fraction of sp³-hybridized carbons (Fsp3) is 0.0476. The van der Waals surface area contributed by atoms with E-state index in [0.717, 1.165) is 33.4 Å². The van der Waals surface area contributed by atoms with Gasteiger partial charge in [0.2, 0.25) is 5.75 Å². The molecule has 0 saturated carbocycles. The summed E-state index contributed by atoms with van der Waals surface area (Å²) in [5.74, 6) is -1.50. The summed E-state index contributed by atoms with van der Waals surface area (Å²) in [5, 5.41) is 33.7. The number of hydrogen-bond donors (Lipinski definition) is 1. The molecule has 1 N–H and O–H groups in total. The van der Waals surface area contributed by atoms with E-state index in [1.165, 1.54) is 0 Å². The van der Waals surface area contributed by atoms with Crippen LogP contribution in [0, 0.1) is 20.2 Å². The SMILES string of the molecule is O=C1S/C(=C/c2cc([N+](=O)[O-])cc([N+](=O)[O-])c2O)C(=O)N1Cc1cccc2ccccc12. The van der Waals surface area contributed by atoms with Crippen LogP contribution in [0.1, 0.15) is 11.1 Å². The first kappa shape index (κ1) is 21.0. The second-order valence-electron chi connectivity index (χ2n) is 6.82. The lowest BCUT2D eigenvalue weighted by Crippen LogP contribution is -2.27. The molecule has 0 bridgehead atoms. The van der Waals surface area contributed by atoms with E-state index >= 15 is 0 Å². The lowest BCUT2D eigenvalue weighted by Gasteiger charge is -2.14. The predicted octanol–water partition coefficient (Wildman–Crippen LogP) is 4.60. The molecule has 1 aliphatic heterocycles. The van der Waals surface area contributed by atoms with Crippen molar-refractivity contribution in [1.82, 2.24) is 4.90 Å². The molecule has 10 nitrogen and oxygen atoms in total. The molecular formula is C21H13N3O7S. The van der Waals surface area contributed by atoms with Gasteiger partial charge in [0.05, 0.1) is 27.4 Å². The van der Waals surface area contributed by atoms with Crippen LogP contribution < -0.4 is 0 Å². The third kappa shape index (κ3) is 3.76. The Morgan fingerprint density at radius 1 is 1.00 bits per heavy atom. The number of amides is 2. The minimum Gasteiger partial charge on any atom is -0.502 e. The highest BCUT2D eigenvalue weighted by Crippen LogP contribution is 2.39. The largest absolute Gasteiger partial charge is 0.502 e. The van der Waals surface area contributed by atoms with Gasteiger partial charge in [-0.25, -0.2) is 0 Å². The number of carbonyl (C=O) groups is 2. The van der Waals surface area contributed by atoms with Crippen LogP contribution in [0.15, 0.2) is 59.5 Å². The molecule has 2 amide bonds. The van der Waals surface area contributed by atoms with Crippen molar-refractivity contribution >= 4 is 51.1 Å². The van der Waals surface area contributed by atoms with Gasteiger partial charge in [0.1, 0.15) is 0 Å². The number of thioether (sulfide) groups is 1. The molecule has 32 heavy (non-hydrogen) atoms. The van der Waals surface area contributed by atoms with E-state index in [-0.39, 0.29) is 17.0 Å². The van der Waals surface area contributed by atoms with Crippen molar-refractivity contribution in [3.63, 3.8) is 0 Å². The Bertz CT molecular complexity index is 1350. The molecule has 0 aromatic heterocycles. The van der Waals surface area contributed by atoms with Gasteiger partial charge in [-0.3, -0.25) is 34.7 Å². The molecule has 0 unspecified atom stereocenters. The summed E-state index contributed by atoms with van der Waals surface area (Å²) in [4.78, 5) is 46.7. The number of non-ortho nitro benzene ring substituents is 1. The van der Waals surface area contributed by atoms with Crippen molar-refractivity contribution in [1.29, 1.82) is 0 Å². The number of nitrogens with zero attached hydrogens (tertiary/aromatic N) is 3. The van der Waals surface area contributed by atoms with E-state index in [9.17, 15) is 34.9 Å². The van der Waals surface area contributed by atoms with Gasteiger partial charge < -0.3 is 5.11 Å². The molecular weight excluding hydrogens is 438 g/mol. The molecule has 1 fully saturated rings. The lowest BCUT2D eigenvalue weighted by molar-refractivity contribution is -0.394. The number of phenols is 1. The summed E-state index contributed by atoms with van der Waals surface area (Å²) in [6, 6.07) is 14.5. The van der Waals surface area contributed by atoms with Crippen LogP contribution in [0.2, 0.25) is 0 Å². The number of hydrogen-bond acceptors (Lipinski definition) is 8. The average molecular weight is 451 g/mol. The fourth-order valence-corrected chi connectivity index (χ4v) is 4.19. The zero-order chi connectivity index (χ0) is 23.0. The van der Waals surface area contributed by atoms with Crippen LogP contribution in [0.3, 0.4) is 0 Å². The Balaban J connectivity index is 1.70. The quantitative estimate of drug-likeness (QED) is 0.337. The molecule has 0 atom stereocenters. The second-order valence-corrected chi connectivity index (χ2v) is 7.82. The molecule has 4 rings (SSSR count). The summed E-state index contributed by atoms with van der Waals surface area (Å²) in [5.41, 5.74) is -1.06. The molecule has 0 radical (unpaired) electrons. The Kier molecular flexibility index (Phi) is 5.33. The predicted molar refractivity (Wildman–Crippen MR) is 117 cm³/mol. The van der Waals surface area contributed by atoms with Crippen LogP contribution in [0.25, 0.3) is 16.8 Å². The zero-order valence-corrected chi connectivity index (χ0v) is 16.9. The maximum Gasteiger partial charge on any atom is 0.318 e. The summed E-state index contributed by atoms with van der Waals surface area (Å²) in [7, 11) is 0. The van der Waals surface area contributed by atoms with Crippen molar-refractivity contribution in [3.05, 3.63) is 90.9 Å². The number of nitro groups is 2. The highest BCUT2D eigenvalue weighted by atomic mass is 32.2. The van der Waals surface area contributed by atoms with Gasteiger partial charge in [-0.2, -0.15) is 0 Å². The molecule has 0 spiro atoms. The number of imide groups is 1. The first-order valence-corrected chi connectivity index (χ1v) is 9.95. The second kappa shape index (κ2) is 8.12. The van der Waals surface area contributed by atoms with Crippen molar-refractivity contribution in [2.24, 2.45) is 0 Å². The van der Waals surface area contributed by atoms with E-state index in [0.29, 0.717) is 17.8 Å². The van der Waals surface area contributed by atoms with Crippen molar-refractivity contribution in [2.75, 3.05) is 0 Å². The maximum absolute atomic E-state index is 12.9. The van der Waals surface area contributed by atoms with Gasteiger partial charge in [-0.05, 0) is 34.2 Å². The Morgan fingerprint density at radius 3 is 2.44 bits per heavy atom. The number of nitro benzene ring substituents is 2. The number of carbonyl (C=O) groups excluding carboxylic acids is 2. The molecule has 3 aromatic rings. The molecule has 11 heteroatoms. The minimum absolute atomic E-state index is 0.00439. The highest BCUT2D eigenvalue weighted by Gasteiger charge is 2.36. The smallest absolute Gasteiger partial charge is 0.318 e. The van der Waals surface area contributed by atoms with Crippen LogP contribution in [-0.4, -0.2) is 31.0 Å². The zero-order valence-electron chi connectivity index (χ0n) is 16.1. The van der Waals surface area contributed by atoms with Crippen LogP contribution >= 0.6 is 11.8 Å². The average Bonchev–Trinajstić information content (AvgIpc) is 3.02. The van der Waals surface area contributed by atoms with E-state index in [1.807, 2.05) is 36.4 Å². The molecule has 1 aliphatic rings. The number of benzene rings is 3. The number of aromatic hydroxyl groups is 1.